The molecule has 4 rings (SSSR count). The minimum atomic E-state index is -4.52. The van der Waals surface area contributed by atoms with Crippen LogP contribution in [-0.2, 0) is 12.7 Å². The first-order valence-corrected chi connectivity index (χ1v) is 7.39. The van der Waals surface area contributed by atoms with E-state index in [1.807, 2.05) is 6.07 Å². The third-order valence-corrected chi connectivity index (χ3v) is 3.74. The number of pyridine rings is 2. The van der Waals surface area contributed by atoms with E-state index in [0.29, 0.717) is 0 Å². The molecule has 0 amide bonds. The lowest BCUT2D eigenvalue weighted by Gasteiger charge is -2.10. The Morgan fingerprint density at radius 3 is 2.68 bits per heavy atom. The monoisotopic (exact) mass is 344 g/mol. The summed E-state index contributed by atoms with van der Waals surface area (Å²) in [5, 5.41) is 4.03. The van der Waals surface area contributed by atoms with E-state index in [1.165, 1.54) is 17.1 Å². The first kappa shape index (κ1) is 15.4. The number of fused-ring (bicyclic) bond motifs is 1. The van der Waals surface area contributed by atoms with Crippen LogP contribution in [0.25, 0.3) is 22.5 Å². The van der Waals surface area contributed by atoms with Gasteiger partial charge in [0.2, 0.25) is 0 Å². The van der Waals surface area contributed by atoms with Crippen LogP contribution in [0.2, 0.25) is 0 Å². The van der Waals surface area contributed by atoms with Crippen molar-refractivity contribution in [1.29, 1.82) is 0 Å². The van der Waals surface area contributed by atoms with Gasteiger partial charge in [-0.2, -0.15) is 18.3 Å². The maximum Gasteiger partial charge on any atom is 0.417 e. The van der Waals surface area contributed by atoms with Crippen molar-refractivity contribution in [2.75, 3.05) is 0 Å². The van der Waals surface area contributed by atoms with Crippen molar-refractivity contribution in [2.45, 2.75) is 12.7 Å². The van der Waals surface area contributed by atoms with Crippen molar-refractivity contribution >= 4 is 11.0 Å². The predicted molar refractivity (Wildman–Crippen MR) is 83.6 cm³/mol. The average Bonchev–Trinajstić information content (AvgIpc) is 3.24. The third-order valence-electron chi connectivity index (χ3n) is 3.74. The third kappa shape index (κ3) is 2.86. The Kier molecular flexibility index (Phi) is 3.52. The summed E-state index contributed by atoms with van der Waals surface area (Å²) in [6.07, 6.45) is 1.31. The Bertz CT molecular complexity index is 1010. The lowest BCUT2D eigenvalue weighted by atomic mass is 10.1. The molecule has 0 fully saturated rings. The molecule has 0 spiro atoms. The Balaban J connectivity index is 1.90. The standard InChI is InChI=1S/C17H11F3N4O/c18-17(19,20)13-7-14(15-4-2-6-25-15)23-16-12(13)9-22-24(16)10-11-3-1-5-21-8-11/h1-9H,10H2. The normalized spacial score (nSPS) is 12.0. The van der Waals surface area contributed by atoms with E-state index in [9.17, 15) is 13.2 Å². The molecule has 0 aliphatic heterocycles. The van der Waals surface area contributed by atoms with Crippen LogP contribution in [0.4, 0.5) is 13.2 Å². The van der Waals surface area contributed by atoms with E-state index in [1.54, 1.807) is 30.6 Å². The summed E-state index contributed by atoms with van der Waals surface area (Å²) in [7, 11) is 0. The zero-order valence-corrected chi connectivity index (χ0v) is 12.7. The number of nitrogens with zero attached hydrogens (tertiary/aromatic N) is 4. The topological polar surface area (TPSA) is 56.7 Å². The van der Waals surface area contributed by atoms with Crippen molar-refractivity contribution in [1.82, 2.24) is 19.7 Å². The van der Waals surface area contributed by atoms with Crippen molar-refractivity contribution in [3.63, 3.8) is 0 Å². The second-order valence-electron chi connectivity index (χ2n) is 5.43. The van der Waals surface area contributed by atoms with Crippen LogP contribution in [0.15, 0.2) is 59.6 Å². The van der Waals surface area contributed by atoms with Gasteiger partial charge in [-0.05, 0) is 29.8 Å². The SMILES string of the molecule is FC(F)(F)c1cc(-c2ccco2)nc2c1cnn2Cc1cccnc1. The highest BCUT2D eigenvalue weighted by Crippen LogP contribution is 2.36. The Hall–Kier alpha value is -3.16. The lowest BCUT2D eigenvalue weighted by Crippen LogP contribution is -2.08. The zero-order valence-electron chi connectivity index (χ0n) is 12.7. The van der Waals surface area contributed by atoms with Crippen LogP contribution < -0.4 is 0 Å². The van der Waals surface area contributed by atoms with E-state index in [0.717, 1.165) is 11.6 Å². The molecule has 8 heteroatoms. The van der Waals surface area contributed by atoms with Crippen LogP contribution in [0.5, 0.6) is 0 Å². The zero-order chi connectivity index (χ0) is 17.4. The predicted octanol–water partition coefficient (Wildman–Crippen LogP) is 4.15. The van der Waals surface area contributed by atoms with Gasteiger partial charge in [0.05, 0.1) is 30.0 Å². The van der Waals surface area contributed by atoms with Gasteiger partial charge in [0, 0.05) is 12.4 Å². The van der Waals surface area contributed by atoms with Gasteiger partial charge in [0.1, 0.15) is 5.69 Å². The van der Waals surface area contributed by atoms with Gasteiger partial charge < -0.3 is 4.42 Å². The summed E-state index contributed by atoms with van der Waals surface area (Å²) in [4.78, 5) is 8.34. The molecule has 0 saturated heterocycles. The van der Waals surface area contributed by atoms with E-state index < -0.39 is 11.7 Å². The first-order chi connectivity index (χ1) is 12.0. The van der Waals surface area contributed by atoms with E-state index in [2.05, 4.69) is 15.1 Å². The van der Waals surface area contributed by atoms with Gasteiger partial charge in [0.15, 0.2) is 11.4 Å². The molecule has 0 radical (unpaired) electrons. The number of aromatic nitrogens is 4. The van der Waals surface area contributed by atoms with Crippen LogP contribution in [0.1, 0.15) is 11.1 Å². The molecule has 0 aromatic carbocycles. The van der Waals surface area contributed by atoms with E-state index >= 15 is 0 Å². The fraction of sp³-hybridized carbons (Fsp3) is 0.118. The van der Waals surface area contributed by atoms with Crippen molar-refractivity contribution in [2.24, 2.45) is 0 Å². The van der Waals surface area contributed by atoms with Gasteiger partial charge in [-0.25, -0.2) is 9.67 Å². The summed E-state index contributed by atoms with van der Waals surface area (Å²) in [5.41, 5.74) is 0.274. The molecule has 126 valence electrons. The molecule has 0 aliphatic carbocycles. The molecule has 5 nitrogen and oxygen atoms in total. The highest BCUT2D eigenvalue weighted by molar-refractivity contribution is 5.82. The van der Waals surface area contributed by atoms with Gasteiger partial charge in [0.25, 0.3) is 0 Å². The molecule has 0 atom stereocenters. The largest absolute Gasteiger partial charge is 0.463 e. The molecule has 0 bridgehead atoms. The minimum absolute atomic E-state index is 0.0494. The Morgan fingerprint density at radius 2 is 2.00 bits per heavy atom. The summed E-state index contributed by atoms with van der Waals surface area (Å²) in [5.74, 6) is 0.265. The molecule has 4 aromatic rings. The molecule has 4 aromatic heterocycles. The van der Waals surface area contributed by atoms with Crippen molar-refractivity contribution in [3.8, 4) is 11.5 Å². The lowest BCUT2D eigenvalue weighted by molar-refractivity contribution is -0.136. The highest BCUT2D eigenvalue weighted by Gasteiger charge is 2.35. The Labute approximate surface area is 139 Å². The molecule has 0 unspecified atom stereocenters. The summed E-state index contributed by atoms with van der Waals surface area (Å²) in [6, 6.07) is 7.72. The summed E-state index contributed by atoms with van der Waals surface area (Å²) < 4.78 is 47.0. The quantitative estimate of drug-likeness (QED) is 0.560. The number of hydrogen-bond acceptors (Lipinski definition) is 4. The average molecular weight is 344 g/mol. The van der Waals surface area contributed by atoms with Crippen molar-refractivity contribution in [3.05, 3.63) is 66.3 Å². The smallest absolute Gasteiger partial charge is 0.417 e. The fourth-order valence-electron chi connectivity index (χ4n) is 2.61. The highest BCUT2D eigenvalue weighted by atomic mass is 19.4. The molecule has 4 heterocycles. The number of halogens is 3. The second-order valence-corrected chi connectivity index (χ2v) is 5.43. The van der Waals surface area contributed by atoms with E-state index in [-0.39, 0.29) is 29.0 Å². The van der Waals surface area contributed by atoms with Gasteiger partial charge in [-0.15, -0.1) is 0 Å². The maximum atomic E-state index is 13.5. The Morgan fingerprint density at radius 1 is 1.12 bits per heavy atom. The minimum Gasteiger partial charge on any atom is -0.463 e. The number of hydrogen-bond donors (Lipinski definition) is 0. The molecular weight excluding hydrogens is 333 g/mol. The molecular formula is C17H11F3N4O. The van der Waals surface area contributed by atoms with Crippen LogP contribution in [0.3, 0.4) is 0 Å². The van der Waals surface area contributed by atoms with E-state index in [4.69, 9.17) is 4.42 Å². The summed E-state index contributed by atoms with van der Waals surface area (Å²) >= 11 is 0. The number of alkyl halides is 3. The van der Waals surface area contributed by atoms with Gasteiger partial charge in [-0.3, -0.25) is 4.98 Å². The second kappa shape index (κ2) is 5.73. The van der Waals surface area contributed by atoms with Crippen LogP contribution in [-0.4, -0.2) is 19.7 Å². The van der Waals surface area contributed by atoms with Crippen molar-refractivity contribution < 1.29 is 17.6 Å². The summed E-state index contributed by atoms with van der Waals surface area (Å²) in [6.45, 7) is 0.267. The molecule has 0 aliphatic rings. The molecule has 0 N–H and O–H groups in total. The maximum absolute atomic E-state index is 13.5. The molecule has 25 heavy (non-hydrogen) atoms. The van der Waals surface area contributed by atoms with Crippen LogP contribution in [0, 0.1) is 0 Å². The van der Waals surface area contributed by atoms with Gasteiger partial charge >= 0.3 is 6.18 Å². The fourth-order valence-corrected chi connectivity index (χ4v) is 2.61. The number of rotatable bonds is 3. The first-order valence-electron chi connectivity index (χ1n) is 7.39. The van der Waals surface area contributed by atoms with Crippen LogP contribution >= 0.6 is 0 Å². The number of furan rings is 1. The molecule has 0 saturated carbocycles. The van der Waals surface area contributed by atoms with Gasteiger partial charge in [-0.1, -0.05) is 6.07 Å².